The fraction of sp³-hybridized carbons (Fsp3) is 1.00. The van der Waals surface area contributed by atoms with Crippen molar-refractivity contribution in [1.82, 2.24) is 10.6 Å². The Morgan fingerprint density at radius 3 is 3.00 bits per heavy atom. The molecule has 66 valence electrons. The topological polar surface area (TPSA) is 24.1 Å². The van der Waals surface area contributed by atoms with Crippen LogP contribution < -0.4 is 10.6 Å². The first-order valence-corrected chi connectivity index (χ1v) is 5.42. The quantitative estimate of drug-likeness (QED) is 0.673. The summed E-state index contributed by atoms with van der Waals surface area (Å²) in [7, 11) is 0. The molecule has 1 rings (SSSR count). The minimum absolute atomic E-state index is 0.506. The average molecular weight is 174 g/mol. The number of hydrogen-bond donors (Lipinski definition) is 2. The Balaban J connectivity index is 2.05. The zero-order valence-electron chi connectivity index (χ0n) is 7.39. The lowest BCUT2D eigenvalue weighted by Crippen LogP contribution is -2.44. The van der Waals surface area contributed by atoms with Gasteiger partial charge in [0, 0.05) is 0 Å². The highest BCUT2D eigenvalue weighted by Crippen LogP contribution is 2.11. The van der Waals surface area contributed by atoms with E-state index in [1.54, 1.807) is 0 Å². The first-order valence-electron chi connectivity index (χ1n) is 4.37. The van der Waals surface area contributed by atoms with Gasteiger partial charge in [-0.25, -0.2) is 0 Å². The van der Waals surface area contributed by atoms with Crippen LogP contribution in [0.2, 0.25) is 0 Å². The minimum Gasteiger partial charge on any atom is -0.293 e. The highest BCUT2D eigenvalue weighted by atomic mass is 32.2. The molecule has 1 fully saturated rings. The van der Waals surface area contributed by atoms with Gasteiger partial charge in [-0.05, 0) is 31.2 Å². The number of hydrogen-bond acceptors (Lipinski definition) is 3. The summed E-state index contributed by atoms with van der Waals surface area (Å²) in [6, 6.07) is 0. The van der Waals surface area contributed by atoms with Crippen molar-refractivity contribution in [1.29, 1.82) is 0 Å². The van der Waals surface area contributed by atoms with Crippen LogP contribution in [-0.4, -0.2) is 24.3 Å². The van der Waals surface area contributed by atoms with Gasteiger partial charge in [-0.15, -0.1) is 11.8 Å². The van der Waals surface area contributed by atoms with Gasteiger partial charge >= 0.3 is 0 Å². The van der Waals surface area contributed by atoms with Gasteiger partial charge in [-0.3, -0.25) is 10.6 Å². The Bertz CT molecular complexity index is 100. The van der Waals surface area contributed by atoms with Crippen LogP contribution in [0.3, 0.4) is 0 Å². The Kier molecular flexibility index (Phi) is 4.26. The normalized spacial score (nSPS) is 25.9. The molecule has 0 aromatic heterocycles. The van der Waals surface area contributed by atoms with Gasteiger partial charge in [0.05, 0.1) is 0 Å². The van der Waals surface area contributed by atoms with Gasteiger partial charge in [0.15, 0.2) is 0 Å². The van der Waals surface area contributed by atoms with Crippen LogP contribution in [0, 0.1) is 5.92 Å². The highest BCUT2D eigenvalue weighted by Gasteiger charge is 2.11. The molecule has 0 saturated carbocycles. The van der Waals surface area contributed by atoms with Crippen LogP contribution in [0.1, 0.15) is 20.3 Å². The van der Waals surface area contributed by atoms with E-state index in [-0.39, 0.29) is 0 Å². The highest BCUT2D eigenvalue weighted by molar-refractivity contribution is 7.99. The smallest absolute Gasteiger partial charge is 0.105 e. The second kappa shape index (κ2) is 5.01. The molecule has 1 unspecified atom stereocenters. The van der Waals surface area contributed by atoms with Crippen molar-refractivity contribution < 1.29 is 0 Å². The predicted molar refractivity (Wildman–Crippen MR) is 51.7 cm³/mol. The van der Waals surface area contributed by atoms with Crippen LogP contribution in [0.5, 0.6) is 0 Å². The third-order valence-electron chi connectivity index (χ3n) is 1.65. The van der Waals surface area contributed by atoms with Crippen molar-refractivity contribution in [2.24, 2.45) is 5.92 Å². The van der Waals surface area contributed by atoms with Gasteiger partial charge < -0.3 is 0 Å². The molecule has 0 amide bonds. The molecule has 1 atom stereocenters. The molecule has 0 bridgehead atoms. The molecule has 11 heavy (non-hydrogen) atoms. The van der Waals surface area contributed by atoms with Gasteiger partial charge in [0.2, 0.25) is 0 Å². The maximum absolute atomic E-state index is 3.47. The fourth-order valence-corrected chi connectivity index (χ4v) is 2.04. The average Bonchev–Trinajstić information content (AvgIpc) is 2.03. The molecular weight excluding hydrogens is 156 g/mol. The lowest BCUT2D eigenvalue weighted by Gasteiger charge is -2.24. The van der Waals surface area contributed by atoms with Gasteiger partial charge in [0.25, 0.3) is 0 Å². The molecule has 1 heterocycles. The molecule has 0 aliphatic carbocycles. The van der Waals surface area contributed by atoms with E-state index < -0.39 is 0 Å². The van der Waals surface area contributed by atoms with E-state index in [1.807, 2.05) is 11.8 Å². The first-order chi connectivity index (χ1) is 5.29. The van der Waals surface area contributed by atoms with Gasteiger partial charge in [-0.1, -0.05) is 13.8 Å². The van der Waals surface area contributed by atoms with E-state index in [4.69, 9.17) is 0 Å². The Hall–Kier alpha value is 0.270. The third-order valence-corrected chi connectivity index (χ3v) is 2.84. The lowest BCUT2D eigenvalue weighted by molar-refractivity contribution is 0.479. The molecule has 0 spiro atoms. The minimum atomic E-state index is 0.506. The summed E-state index contributed by atoms with van der Waals surface area (Å²) in [6.45, 7) is 6.76. The summed E-state index contributed by atoms with van der Waals surface area (Å²) in [5.74, 6) is 2.04. The summed E-state index contributed by atoms with van der Waals surface area (Å²) in [6.07, 6.45) is 1.31. The number of nitrogens with one attached hydrogen (secondary N) is 2. The van der Waals surface area contributed by atoms with E-state index in [9.17, 15) is 0 Å². The largest absolute Gasteiger partial charge is 0.293 e. The van der Waals surface area contributed by atoms with Crippen LogP contribution in [-0.2, 0) is 0 Å². The molecule has 0 aromatic carbocycles. The monoisotopic (exact) mass is 174 g/mol. The van der Waals surface area contributed by atoms with Crippen LogP contribution in [0.4, 0.5) is 0 Å². The van der Waals surface area contributed by atoms with E-state index in [0.29, 0.717) is 5.50 Å². The molecule has 1 aliphatic rings. The van der Waals surface area contributed by atoms with Gasteiger partial charge in [0.1, 0.15) is 5.50 Å². The molecule has 2 nitrogen and oxygen atoms in total. The number of thioether (sulfide) groups is 1. The summed E-state index contributed by atoms with van der Waals surface area (Å²) in [4.78, 5) is 0. The van der Waals surface area contributed by atoms with E-state index in [0.717, 1.165) is 12.5 Å². The van der Waals surface area contributed by atoms with E-state index >= 15 is 0 Å². The Morgan fingerprint density at radius 2 is 2.45 bits per heavy atom. The predicted octanol–water partition coefficient (Wildman–Crippen LogP) is 1.24. The summed E-state index contributed by atoms with van der Waals surface area (Å²) in [5, 5.41) is 6.90. The second-order valence-corrected chi connectivity index (χ2v) is 4.57. The summed E-state index contributed by atoms with van der Waals surface area (Å²) < 4.78 is 0. The van der Waals surface area contributed by atoms with Crippen molar-refractivity contribution >= 4 is 11.8 Å². The Labute approximate surface area is 73.5 Å². The summed E-state index contributed by atoms with van der Waals surface area (Å²) in [5.41, 5.74) is 0.506. The lowest BCUT2D eigenvalue weighted by atomic mass is 10.2. The zero-order chi connectivity index (χ0) is 8.10. The molecule has 2 N–H and O–H groups in total. The second-order valence-electron chi connectivity index (χ2n) is 3.36. The van der Waals surface area contributed by atoms with E-state index in [1.165, 1.54) is 18.7 Å². The number of rotatable bonds is 3. The van der Waals surface area contributed by atoms with Gasteiger partial charge in [-0.2, -0.15) is 0 Å². The molecular formula is C8H18N2S. The van der Waals surface area contributed by atoms with E-state index in [2.05, 4.69) is 24.5 Å². The van der Waals surface area contributed by atoms with Crippen molar-refractivity contribution in [3.8, 4) is 0 Å². The van der Waals surface area contributed by atoms with Crippen LogP contribution >= 0.6 is 11.8 Å². The Morgan fingerprint density at radius 1 is 1.64 bits per heavy atom. The first kappa shape index (κ1) is 9.36. The SMILES string of the molecule is CC(C)CNC1NCCCS1. The van der Waals surface area contributed by atoms with Crippen molar-refractivity contribution in [3.05, 3.63) is 0 Å². The fourth-order valence-electron chi connectivity index (χ4n) is 1.04. The van der Waals surface area contributed by atoms with Crippen molar-refractivity contribution in [2.75, 3.05) is 18.8 Å². The van der Waals surface area contributed by atoms with Crippen molar-refractivity contribution in [3.63, 3.8) is 0 Å². The molecule has 1 aliphatic heterocycles. The standard InChI is InChI=1S/C8H18N2S/c1-7(2)6-10-8-9-4-3-5-11-8/h7-10H,3-6H2,1-2H3. The summed E-state index contributed by atoms with van der Waals surface area (Å²) >= 11 is 1.98. The van der Waals surface area contributed by atoms with Crippen molar-refractivity contribution in [2.45, 2.75) is 25.8 Å². The zero-order valence-corrected chi connectivity index (χ0v) is 8.21. The third kappa shape index (κ3) is 3.99. The maximum atomic E-state index is 3.47. The van der Waals surface area contributed by atoms with Crippen LogP contribution in [0.25, 0.3) is 0 Å². The maximum Gasteiger partial charge on any atom is 0.105 e. The molecule has 0 aromatic rings. The molecule has 3 heteroatoms. The molecule has 1 saturated heterocycles. The van der Waals surface area contributed by atoms with Crippen LogP contribution in [0.15, 0.2) is 0 Å². The molecule has 0 radical (unpaired) electrons.